The van der Waals surface area contributed by atoms with Gasteiger partial charge in [-0.25, -0.2) is 9.59 Å². The molecule has 0 aliphatic heterocycles. The largest absolute Gasteiger partial charge is 0.478 e. The van der Waals surface area contributed by atoms with Crippen molar-refractivity contribution < 1.29 is 24.2 Å². The summed E-state index contributed by atoms with van der Waals surface area (Å²) in [7, 11) is 0. The minimum absolute atomic E-state index is 0.290. The average Bonchev–Trinajstić information content (AvgIpc) is 2.44. The van der Waals surface area contributed by atoms with E-state index in [0.717, 1.165) is 11.6 Å². The monoisotopic (exact) mass is 292 g/mol. The van der Waals surface area contributed by atoms with Gasteiger partial charge in [0.25, 0.3) is 0 Å². The molecule has 0 radical (unpaired) electrons. The Kier molecular flexibility index (Phi) is 6.46. The molecular weight excluding hydrogens is 272 g/mol. The molecule has 1 rings (SSSR count). The standard InChI is InChI=1S/C16H20O5/c1-4-13(16(19)20-5-2)21-14-8-6-11(3)10-12(14)7-9-15(17)18/h6-10,13H,4-5H2,1-3H3,(H,17,18). The Morgan fingerprint density at radius 1 is 1.33 bits per heavy atom. The van der Waals surface area contributed by atoms with E-state index in [2.05, 4.69) is 0 Å². The average molecular weight is 292 g/mol. The molecule has 0 fully saturated rings. The van der Waals surface area contributed by atoms with Gasteiger partial charge in [0, 0.05) is 11.6 Å². The first kappa shape index (κ1) is 16.8. The lowest BCUT2D eigenvalue weighted by atomic mass is 10.1. The Morgan fingerprint density at radius 3 is 2.62 bits per heavy atom. The number of hydrogen-bond acceptors (Lipinski definition) is 4. The summed E-state index contributed by atoms with van der Waals surface area (Å²) >= 11 is 0. The SMILES string of the molecule is CCOC(=O)C(CC)Oc1ccc(C)cc1C=CC(=O)O. The molecule has 1 atom stereocenters. The molecule has 0 aliphatic rings. The fourth-order valence-electron chi connectivity index (χ4n) is 1.75. The summed E-state index contributed by atoms with van der Waals surface area (Å²) in [6.07, 6.45) is 2.24. The molecule has 5 heteroatoms. The first-order valence-corrected chi connectivity index (χ1v) is 6.82. The van der Waals surface area contributed by atoms with Gasteiger partial charge in [-0.15, -0.1) is 0 Å². The van der Waals surface area contributed by atoms with E-state index in [1.165, 1.54) is 6.08 Å². The topological polar surface area (TPSA) is 72.8 Å². The van der Waals surface area contributed by atoms with E-state index in [1.54, 1.807) is 19.1 Å². The van der Waals surface area contributed by atoms with Crippen LogP contribution in [0.25, 0.3) is 6.08 Å². The van der Waals surface area contributed by atoms with Gasteiger partial charge < -0.3 is 14.6 Å². The second-order valence-electron chi connectivity index (χ2n) is 4.48. The Balaban J connectivity index is 3.00. The molecule has 1 aromatic rings. The van der Waals surface area contributed by atoms with Crippen LogP contribution in [0, 0.1) is 6.92 Å². The van der Waals surface area contributed by atoms with Gasteiger partial charge in [0.1, 0.15) is 5.75 Å². The fraction of sp³-hybridized carbons (Fsp3) is 0.375. The van der Waals surface area contributed by atoms with Crippen molar-refractivity contribution in [3.05, 3.63) is 35.4 Å². The fourth-order valence-corrected chi connectivity index (χ4v) is 1.75. The third-order valence-electron chi connectivity index (χ3n) is 2.76. The molecule has 0 spiro atoms. The van der Waals surface area contributed by atoms with Crippen molar-refractivity contribution in [3.63, 3.8) is 0 Å². The minimum atomic E-state index is -1.04. The van der Waals surface area contributed by atoms with E-state index in [1.807, 2.05) is 19.9 Å². The number of carbonyl (C=O) groups is 2. The highest BCUT2D eigenvalue weighted by atomic mass is 16.6. The summed E-state index contributed by atoms with van der Waals surface area (Å²) in [6, 6.07) is 5.36. The quantitative estimate of drug-likeness (QED) is 0.618. The van der Waals surface area contributed by atoms with Gasteiger partial charge in [0.15, 0.2) is 6.10 Å². The highest BCUT2D eigenvalue weighted by Crippen LogP contribution is 2.23. The molecular formula is C16H20O5. The van der Waals surface area contributed by atoms with Crippen molar-refractivity contribution in [2.24, 2.45) is 0 Å². The molecule has 21 heavy (non-hydrogen) atoms. The number of benzene rings is 1. The van der Waals surface area contributed by atoms with E-state index >= 15 is 0 Å². The zero-order valence-corrected chi connectivity index (χ0v) is 12.5. The van der Waals surface area contributed by atoms with Crippen LogP contribution in [0.15, 0.2) is 24.3 Å². The van der Waals surface area contributed by atoms with Crippen molar-refractivity contribution in [1.29, 1.82) is 0 Å². The first-order valence-electron chi connectivity index (χ1n) is 6.82. The van der Waals surface area contributed by atoms with Crippen LogP contribution in [0.4, 0.5) is 0 Å². The maximum atomic E-state index is 11.8. The first-order chi connectivity index (χ1) is 9.97. The highest BCUT2D eigenvalue weighted by molar-refractivity contribution is 5.86. The summed E-state index contributed by atoms with van der Waals surface area (Å²) in [5, 5.41) is 8.72. The molecule has 1 aromatic carbocycles. The van der Waals surface area contributed by atoms with Gasteiger partial charge >= 0.3 is 11.9 Å². The van der Waals surface area contributed by atoms with Gasteiger partial charge in [-0.2, -0.15) is 0 Å². The molecule has 0 saturated carbocycles. The molecule has 0 amide bonds. The number of rotatable bonds is 7. The predicted octanol–water partition coefficient (Wildman–Crippen LogP) is 2.81. The van der Waals surface area contributed by atoms with Gasteiger partial charge in [0.2, 0.25) is 0 Å². The number of hydrogen-bond donors (Lipinski definition) is 1. The Hall–Kier alpha value is -2.30. The van der Waals surface area contributed by atoms with Crippen LogP contribution in [0.5, 0.6) is 5.75 Å². The maximum Gasteiger partial charge on any atom is 0.347 e. The molecule has 1 unspecified atom stereocenters. The summed E-state index contributed by atoms with van der Waals surface area (Å²) in [5.74, 6) is -1.01. The van der Waals surface area contributed by atoms with Crippen LogP contribution in [-0.4, -0.2) is 29.8 Å². The second kappa shape index (κ2) is 8.09. The van der Waals surface area contributed by atoms with Crippen molar-refractivity contribution >= 4 is 18.0 Å². The van der Waals surface area contributed by atoms with Crippen molar-refractivity contribution in [2.45, 2.75) is 33.3 Å². The summed E-state index contributed by atoms with van der Waals surface area (Å²) < 4.78 is 10.6. The molecule has 0 aromatic heterocycles. The lowest BCUT2D eigenvalue weighted by Crippen LogP contribution is -2.28. The molecule has 5 nitrogen and oxygen atoms in total. The number of esters is 1. The third kappa shape index (κ3) is 5.30. The number of carbonyl (C=O) groups excluding carboxylic acids is 1. The Bertz CT molecular complexity index is 533. The lowest BCUT2D eigenvalue weighted by Gasteiger charge is -2.17. The van der Waals surface area contributed by atoms with Gasteiger partial charge in [-0.3, -0.25) is 0 Å². The number of ether oxygens (including phenoxy) is 2. The van der Waals surface area contributed by atoms with E-state index in [4.69, 9.17) is 14.6 Å². The van der Waals surface area contributed by atoms with Crippen LogP contribution in [0.1, 0.15) is 31.4 Å². The smallest absolute Gasteiger partial charge is 0.347 e. The molecule has 0 bridgehead atoms. The highest BCUT2D eigenvalue weighted by Gasteiger charge is 2.20. The van der Waals surface area contributed by atoms with Crippen molar-refractivity contribution in [2.75, 3.05) is 6.61 Å². The Labute approximate surface area is 124 Å². The van der Waals surface area contributed by atoms with Gasteiger partial charge in [0.05, 0.1) is 6.61 Å². The minimum Gasteiger partial charge on any atom is -0.478 e. The van der Waals surface area contributed by atoms with Crippen LogP contribution in [0.2, 0.25) is 0 Å². The van der Waals surface area contributed by atoms with E-state index < -0.39 is 18.0 Å². The zero-order chi connectivity index (χ0) is 15.8. The van der Waals surface area contributed by atoms with E-state index in [-0.39, 0.29) is 0 Å². The second-order valence-corrected chi connectivity index (χ2v) is 4.48. The van der Waals surface area contributed by atoms with E-state index in [0.29, 0.717) is 24.3 Å². The van der Waals surface area contributed by atoms with Crippen molar-refractivity contribution in [3.8, 4) is 5.75 Å². The van der Waals surface area contributed by atoms with Crippen molar-refractivity contribution in [1.82, 2.24) is 0 Å². The summed E-state index contributed by atoms with van der Waals surface area (Å²) in [6.45, 7) is 5.74. The van der Waals surface area contributed by atoms with Crippen LogP contribution >= 0.6 is 0 Å². The Morgan fingerprint density at radius 2 is 2.05 bits per heavy atom. The summed E-state index contributed by atoms with van der Waals surface area (Å²) in [5.41, 5.74) is 1.58. The zero-order valence-electron chi connectivity index (χ0n) is 12.5. The number of carboxylic acids is 1. The third-order valence-corrected chi connectivity index (χ3v) is 2.76. The van der Waals surface area contributed by atoms with Crippen LogP contribution < -0.4 is 4.74 Å². The van der Waals surface area contributed by atoms with Gasteiger partial charge in [-0.1, -0.05) is 18.6 Å². The number of carboxylic acid groups (broad SMARTS) is 1. The molecule has 0 heterocycles. The number of aryl methyl sites for hydroxylation is 1. The normalized spacial score (nSPS) is 12.1. The maximum absolute atomic E-state index is 11.8. The molecule has 1 N–H and O–H groups in total. The summed E-state index contributed by atoms with van der Waals surface area (Å²) in [4.78, 5) is 22.4. The van der Waals surface area contributed by atoms with Crippen LogP contribution in [0.3, 0.4) is 0 Å². The molecule has 0 saturated heterocycles. The molecule has 114 valence electrons. The van der Waals surface area contributed by atoms with Crippen LogP contribution in [-0.2, 0) is 14.3 Å². The van der Waals surface area contributed by atoms with E-state index in [9.17, 15) is 9.59 Å². The molecule has 0 aliphatic carbocycles. The number of aliphatic carboxylic acids is 1. The predicted molar refractivity (Wildman–Crippen MR) is 79.2 cm³/mol. The van der Waals surface area contributed by atoms with Gasteiger partial charge in [-0.05, 0) is 38.5 Å². The lowest BCUT2D eigenvalue weighted by molar-refractivity contribution is -0.151.